The van der Waals surface area contributed by atoms with Crippen LogP contribution in [0.15, 0.2) is 30.3 Å². The summed E-state index contributed by atoms with van der Waals surface area (Å²) < 4.78 is 18.4. The van der Waals surface area contributed by atoms with E-state index in [0.29, 0.717) is 11.6 Å². The molecule has 0 spiro atoms. The zero-order valence-electron chi connectivity index (χ0n) is 11.5. The van der Waals surface area contributed by atoms with Gasteiger partial charge in [0, 0.05) is 11.8 Å². The number of aromatic amines is 1. The molecule has 0 saturated heterocycles. The van der Waals surface area contributed by atoms with E-state index in [4.69, 9.17) is 4.74 Å². The highest BCUT2D eigenvalue weighted by Gasteiger charge is 2.30. The van der Waals surface area contributed by atoms with E-state index in [1.165, 1.54) is 24.3 Å². The number of carbonyl (C=O) groups excluding carboxylic acids is 1. The number of H-pyrrole nitrogens is 1. The van der Waals surface area contributed by atoms with Gasteiger partial charge in [0.05, 0.1) is 0 Å². The minimum Gasteiger partial charge on any atom is -0.478 e. The van der Waals surface area contributed by atoms with Crippen LogP contribution in [-0.4, -0.2) is 21.7 Å². The Hall–Kier alpha value is -2.37. The van der Waals surface area contributed by atoms with Crippen molar-refractivity contribution < 1.29 is 13.9 Å². The lowest BCUT2D eigenvalue weighted by Gasteiger charge is -2.24. The maximum Gasteiger partial charge on any atom is 0.269 e. The zero-order valence-corrected chi connectivity index (χ0v) is 11.5. The van der Waals surface area contributed by atoms with Gasteiger partial charge in [-0.15, -0.1) is 0 Å². The molecule has 1 heterocycles. The summed E-state index contributed by atoms with van der Waals surface area (Å²) in [6.45, 7) is 5.10. The largest absolute Gasteiger partial charge is 0.478 e. The van der Waals surface area contributed by atoms with Crippen molar-refractivity contribution in [2.45, 2.75) is 26.4 Å². The third kappa shape index (κ3) is 3.34. The fraction of sp³-hybridized carbons (Fsp3) is 0.286. The predicted molar refractivity (Wildman–Crippen MR) is 73.1 cm³/mol. The predicted octanol–water partition coefficient (Wildman–Crippen LogP) is 2.65. The molecule has 1 aromatic heterocycles. The molecule has 2 N–H and O–H groups in total. The summed E-state index contributed by atoms with van der Waals surface area (Å²) in [5.41, 5.74) is -0.262. The Bertz CT molecular complexity index is 605. The molecule has 0 unspecified atom stereocenters. The van der Waals surface area contributed by atoms with Gasteiger partial charge in [-0.25, -0.2) is 4.39 Å². The summed E-state index contributed by atoms with van der Waals surface area (Å²) in [7, 11) is 0. The van der Waals surface area contributed by atoms with Crippen LogP contribution in [0.4, 0.5) is 10.2 Å². The smallest absolute Gasteiger partial charge is 0.269 e. The number of hydrogen-bond acceptors (Lipinski definition) is 3. The van der Waals surface area contributed by atoms with Gasteiger partial charge < -0.3 is 10.1 Å². The average Bonchev–Trinajstić information content (AvgIpc) is 2.77. The van der Waals surface area contributed by atoms with Crippen molar-refractivity contribution in [3.8, 4) is 5.75 Å². The van der Waals surface area contributed by atoms with E-state index in [9.17, 15) is 9.18 Å². The van der Waals surface area contributed by atoms with Crippen LogP contribution < -0.4 is 10.1 Å². The summed E-state index contributed by atoms with van der Waals surface area (Å²) in [6.07, 6.45) is 0. The first-order valence-corrected chi connectivity index (χ1v) is 6.15. The standard InChI is InChI=1S/C14H16FN3O2/c1-9-8-12(18-17-9)16-13(19)14(2,3)20-11-6-4-10(15)5-7-11/h4-8H,1-3H3,(H2,16,17,18,19). The summed E-state index contributed by atoms with van der Waals surface area (Å²) in [6, 6.07) is 7.22. The van der Waals surface area contributed by atoms with Crippen molar-refractivity contribution in [2.24, 2.45) is 0 Å². The Morgan fingerprint density at radius 1 is 1.35 bits per heavy atom. The highest BCUT2D eigenvalue weighted by atomic mass is 19.1. The third-order valence-electron chi connectivity index (χ3n) is 2.68. The minimum absolute atomic E-state index is 0.340. The number of carbonyl (C=O) groups is 1. The van der Waals surface area contributed by atoms with Gasteiger partial charge in [-0.1, -0.05) is 0 Å². The van der Waals surface area contributed by atoms with E-state index in [1.54, 1.807) is 19.9 Å². The highest BCUT2D eigenvalue weighted by Crippen LogP contribution is 2.20. The molecule has 0 aliphatic rings. The zero-order chi connectivity index (χ0) is 14.8. The first-order valence-electron chi connectivity index (χ1n) is 6.15. The molecule has 0 bridgehead atoms. The van der Waals surface area contributed by atoms with Crippen LogP contribution in [0.1, 0.15) is 19.5 Å². The van der Waals surface area contributed by atoms with Gasteiger partial charge in [-0.05, 0) is 45.0 Å². The average molecular weight is 277 g/mol. The van der Waals surface area contributed by atoms with Crippen molar-refractivity contribution in [1.29, 1.82) is 0 Å². The van der Waals surface area contributed by atoms with Crippen LogP contribution in [0.25, 0.3) is 0 Å². The maximum absolute atomic E-state index is 12.8. The van der Waals surface area contributed by atoms with Crippen LogP contribution in [0, 0.1) is 12.7 Å². The Labute approximate surface area is 116 Å². The second-order valence-electron chi connectivity index (χ2n) is 4.96. The lowest BCUT2D eigenvalue weighted by molar-refractivity contribution is -0.128. The topological polar surface area (TPSA) is 67.0 Å². The van der Waals surface area contributed by atoms with Crippen LogP contribution in [0.5, 0.6) is 5.75 Å². The molecule has 106 valence electrons. The molecule has 0 saturated carbocycles. The molecule has 1 aromatic carbocycles. The van der Waals surface area contributed by atoms with E-state index in [1.807, 2.05) is 6.92 Å². The summed E-state index contributed by atoms with van der Waals surface area (Å²) in [5, 5.41) is 9.31. The number of hydrogen-bond donors (Lipinski definition) is 2. The van der Waals surface area contributed by atoms with Gasteiger partial charge in [0.1, 0.15) is 11.6 Å². The Balaban J connectivity index is 2.05. The molecule has 5 nitrogen and oxygen atoms in total. The van der Waals surface area contributed by atoms with Gasteiger partial charge in [0.2, 0.25) is 0 Å². The fourth-order valence-electron chi connectivity index (χ4n) is 1.59. The number of aryl methyl sites for hydroxylation is 1. The van der Waals surface area contributed by atoms with Crippen LogP contribution >= 0.6 is 0 Å². The van der Waals surface area contributed by atoms with Crippen molar-refractivity contribution in [3.05, 3.63) is 41.8 Å². The monoisotopic (exact) mass is 277 g/mol. The third-order valence-corrected chi connectivity index (χ3v) is 2.68. The number of rotatable bonds is 4. The number of nitrogens with zero attached hydrogens (tertiary/aromatic N) is 1. The molecule has 6 heteroatoms. The van der Waals surface area contributed by atoms with E-state index in [-0.39, 0.29) is 11.7 Å². The SMILES string of the molecule is Cc1cc(NC(=O)C(C)(C)Oc2ccc(F)cc2)n[nH]1. The van der Waals surface area contributed by atoms with E-state index in [0.717, 1.165) is 5.69 Å². The molecule has 2 aromatic rings. The van der Waals surface area contributed by atoms with Gasteiger partial charge in [0.15, 0.2) is 11.4 Å². The molecule has 0 fully saturated rings. The number of anilines is 1. The van der Waals surface area contributed by atoms with Crippen LogP contribution in [0.3, 0.4) is 0 Å². The lowest BCUT2D eigenvalue weighted by atomic mass is 10.1. The normalized spacial score (nSPS) is 11.2. The summed E-state index contributed by atoms with van der Waals surface area (Å²) in [5.74, 6) is 0.160. The lowest BCUT2D eigenvalue weighted by Crippen LogP contribution is -2.42. The second kappa shape index (κ2) is 5.32. The fourth-order valence-corrected chi connectivity index (χ4v) is 1.59. The molecule has 0 aliphatic heterocycles. The summed E-state index contributed by atoms with van der Waals surface area (Å²) in [4.78, 5) is 12.2. The second-order valence-corrected chi connectivity index (χ2v) is 4.96. The highest BCUT2D eigenvalue weighted by molar-refractivity contribution is 5.96. The molecule has 1 amide bonds. The van der Waals surface area contributed by atoms with Gasteiger partial charge in [-0.2, -0.15) is 5.10 Å². The molecular weight excluding hydrogens is 261 g/mol. The van der Waals surface area contributed by atoms with Crippen LogP contribution in [-0.2, 0) is 4.79 Å². The molecule has 20 heavy (non-hydrogen) atoms. The Morgan fingerprint density at radius 3 is 2.55 bits per heavy atom. The Kier molecular flexibility index (Phi) is 3.74. The first-order chi connectivity index (χ1) is 9.37. The molecule has 0 atom stereocenters. The number of amides is 1. The number of nitrogens with one attached hydrogen (secondary N) is 2. The van der Waals surface area contributed by atoms with Crippen molar-refractivity contribution in [1.82, 2.24) is 10.2 Å². The number of ether oxygens (including phenoxy) is 1. The molecular formula is C14H16FN3O2. The molecule has 0 aliphatic carbocycles. The number of aromatic nitrogens is 2. The quantitative estimate of drug-likeness (QED) is 0.902. The van der Waals surface area contributed by atoms with E-state index < -0.39 is 5.60 Å². The van der Waals surface area contributed by atoms with E-state index in [2.05, 4.69) is 15.5 Å². The number of benzene rings is 1. The van der Waals surface area contributed by atoms with Crippen molar-refractivity contribution in [3.63, 3.8) is 0 Å². The summed E-state index contributed by atoms with van der Waals surface area (Å²) >= 11 is 0. The minimum atomic E-state index is -1.11. The van der Waals surface area contributed by atoms with E-state index >= 15 is 0 Å². The van der Waals surface area contributed by atoms with Gasteiger partial charge in [0.25, 0.3) is 5.91 Å². The maximum atomic E-state index is 12.8. The molecule has 2 rings (SSSR count). The van der Waals surface area contributed by atoms with Gasteiger partial charge >= 0.3 is 0 Å². The number of halogens is 1. The van der Waals surface area contributed by atoms with Crippen molar-refractivity contribution >= 4 is 11.7 Å². The van der Waals surface area contributed by atoms with Gasteiger partial charge in [-0.3, -0.25) is 9.89 Å². The van der Waals surface area contributed by atoms with Crippen LogP contribution in [0.2, 0.25) is 0 Å². The Morgan fingerprint density at radius 2 is 2.00 bits per heavy atom. The molecule has 0 radical (unpaired) electrons. The van der Waals surface area contributed by atoms with Crippen molar-refractivity contribution in [2.75, 3.05) is 5.32 Å². The first kappa shape index (κ1) is 14.0.